The summed E-state index contributed by atoms with van der Waals surface area (Å²) in [5, 5.41) is 22.5. The molecule has 0 saturated heterocycles. The average Bonchev–Trinajstić information content (AvgIpc) is 2.77. The van der Waals surface area contributed by atoms with Gasteiger partial charge in [0.05, 0.1) is 37.8 Å². The first-order valence-electron chi connectivity index (χ1n) is 9.82. The Morgan fingerprint density at radius 1 is 1.19 bits per heavy atom. The highest BCUT2D eigenvalue weighted by atomic mass is 19.1. The maximum atomic E-state index is 13.2. The zero-order chi connectivity index (χ0) is 23.7. The summed E-state index contributed by atoms with van der Waals surface area (Å²) in [6, 6.07) is 13.9. The van der Waals surface area contributed by atoms with Crippen LogP contribution in [0.1, 0.15) is 11.3 Å². The first-order chi connectivity index (χ1) is 15.2. The van der Waals surface area contributed by atoms with Crippen LogP contribution in [-0.4, -0.2) is 47.0 Å². The van der Waals surface area contributed by atoms with Crippen molar-refractivity contribution in [1.82, 2.24) is 9.78 Å². The van der Waals surface area contributed by atoms with Crippen molar-refractivity contribution < 1.29 is 29.1 Å². The number of benzene rings is 2. The van der Waals surface area contributed by atoms with E-state index in [9.17, 15) is 9.18 Å². The summed E-state index contributed by atoms with van der Waals surface area (Å²) < 4.78 is 14.7. The molecule has 2 N–H and O–H groups in total. The molecule has 0 fully saturated rings. The molecule has 0 amide bonds. The molecule has 3 rings (SSSR count). The number of carboxylic acids is 2. The Hall–Kier alpha value is -3.85. The maximum Gasteiger partial charge on any atom is 0.351 e. The second-order valence-corrected chi connectivity index (χ2v) is 7.12. The van der Waals surface area contributed by atoms with Crippen LogP contribution in [0.25, 0.3) is 10.8 Å². The van der Waals surface area contributed by atoms with E-state index in [1.54, 1.807) is 16.8 Å². The van der Waals surface area contributed by atoms with Gasteiger partial charge in [0, 0.05) is 11.8 Å². The molecule has 0 aliphatic rings. The van der Waals surface area contributed by atoms with Gasteiger partial charge in [0.15, 0.2) is 5.97 Å². The van der Waals surface area contributed by atoms with E-state index in [0.717, 1.165) is 29.7 Å². The molecule has 9 heteroatoms. The van der Waals surface area contributed by atoms with Gasteiger partial charge in [-0.3, -0.25) is 4.79 Å². The van der Waals surface area contributed by atoms with E-state index >= 15 is 0 Å². The van der Waals surface area contributed by atoms with Gasteiger partial charge in [0.25, 0.3) is 5.56 Å². The third-order valence-electron chi connectivity index (χ3n) is 4.65. The first-order valence-corrected chi connectivity index (χ1v) is 9.82. The summed E-state index contributed by atoms with van der Waals surface area (Å²) in [5.41, 5.74) is 1.71. The SMILES string of the molecule is C=CC[NH+](C)CCn1nc(Cc2ccc(F)cc2)c2ccccc2c1=O.O=C([O-])C(=O)O. The van der Waals surface area contributed by atoms with Crippen molar-refractivity contribution in [3.8, 4) is 0 Å². The summed E-state index contributed by atoms with van der Waals surface area (Å²) in [6.07, 6.45) is 2.42. The number of nitrogens with one attached hydrogen (secondary N) is 1. The fourth-order valence-electron chi connectivity index (χ4n) is 3.03. The van der Waals surface area contributed by atoms with Crippen LogP contribution in [0.3, 0.4) is 0 Å². The summed E-state index contributed by atoms with van der Waals surface area (Å²) in [5.74, 6) is -4.27. The summed E-state index contributed by atoms with van der Waals surface area (Å²) in [7, 11) is 2.06. The summed E-state index contributed by atoms with van der Waals surface area (Å²) in [4.78, 5) is 32.1. The minimum Gasteiger partial charge on any atom is -0.539 e. The number of hydrogen-bond acceptors (Lipinski definition) is 5. The molecule has 0 aliphatic carbocycles. The Kier molecular flexibility index (Phi) is 8.79. The number of quaternary nitrogens is 1. The molecule has 0 saturated carbocycles. The zero-order valence-corrected chi connectivity index (χ0v) is 17.6. The molecule has 1 aromatic heterocycles. The second kappa shape index (κ2) is 11.5. The third-order valence-corrected chi connectivity index (χ3v) is 4.65. The van der Waals surface area contributed by atoms with Crippen LogP contribution in [0.2, 0.25) is 0 Å². The van der Waals surface area contributed by atoms with E-state index in [2.05, 4.69) is 18.7 Å². The Labute approximate surface area is 183 Å². The number of likely N-dealkylation sites (N-methyl/N-ethyl adjacent to an activating group) is 1. The topological polar surface area (TPSA) is 117 Å². The Bertz CT molecular complexity index is 1150. The normalized spacial score (nSPS) is 11.3. The Balaban J connectivity index is 0.000000534. The predicted molar refractivity (Wildman–Crippen MR) is 115 cm³/mol. The fourth-order valence-corrected chi connectivity index (χ4v) is 3.03. The number of fused-ring (bicyclic) bond motifs is 1. The molecule has 0 bridgehead atoms. The van der Waals surface area contributed by atoms with E-state index in [-0.39, 0.29) is 11.4 Å². The van der Waals surface area contributed by atoms with Crippen LogP contribution >= 0.6 is 0 Å². The van der Waals surface area contributed by atoms with Crippen LogP contribution < -0.4 is 15.6 Å². The number of aromatic nitrogens is 2. The lowest BCUT2D eigenvalue weighted by atomic mass is 10.0. The van der Waals surface area contributed by atoms with Crippen LogP contribution in [0, 0.1) is 5.82 Å². The van der Waals surface area contributed by atoms with Crippen molar-refractivity contribution in [2.24, 2.45) is 0 Å². The van der Waals surface area contributed by atoms with Gasteiger partial charge in [-0.05, 0) is 29.8 Å². The van der Waals surface area contributed by atoms with Crippen molar-refractivity contribution in [3.63, 3.8) is 0 Å². The smallest absolute Gasteiger partial charge is 0.351 e. The van der Waals surface area contributed by atoms with Crippen molar-refractivity contribution in [3.05, 3.63) is 88.6 Å². The molecule has 2 aromatic carbocycles. The molecule has 8 nitrogen and oxygen atoms in total. The monoisotopic (exact) mass is 441 g/mol. The lowest BCUT2D eigenvalue weighted by Gasteiger charge is -2.14. The lowest BCUT2D eigenvalue weighted by molar-refractivity contribution is -0.874. The summed E-state index contributed by atoms with van der Waals surface area (Å²) in [6.45, 7) is 5.91. The van der Waals surface area contributed by atoms with Crippen molar-refractivity contribution in [2.45, 2.75) is 13.0 Å². The Morgan fingerprint density at radius 2 is 1.78 bits per heavy atom. The number of carbonyl (C=O) groups excluding carboxylic acids is 1. The van der Waals surface area contributed by atoms with Gasteiger partial charge in [0.2, 0.25) is 0 Å². The maximum absolute atomic E-state index is 13.2. The highest BCUT2D eigenvalue weighted by Crippen LogP contribution is 2.17. The molecular formula is C23H24FN3O5. The molecule has 1 heterocycles. The van der Waals surface area contributed by atoms with Gasteiger partial charge in [-0.25, -0.2) is 13.9 Å². The van der Waals surface area contributed by atoms with Gasteiger partial charge >= 0.3 is 5.97 Å². The van der Waals surface area contributed by atoms with E-state index in [0.29, 0.717) is 18.4 Å². The predicted octanol–water partition coefficient (Wildman–Crippen LogP) is -0.352. The number of rotatable bonds is 7. The number of halogens is 1. The average molecular weight is 441 g/mol. The molecule has 0 aliphatic heterocycles. The van der Waals surface area contributed by atoms with Crippen molar-refractivity contribution in [1.29, 1.82) is 0 Å². The highest BCUT2D eigenvalue weighted by molar-refractivity contribution is 6.26. The van der Waals surface area contributed by atoms with E-state index in [1.807, 2.05) is 30.3 Å². The van der Waals surface area contributed by atoms with E-state index in [1.165, 1.54) is 17.0 Å². The molecular weight excluding hydrogens is 417 g/mol. The van der Waals surface area contributed by atoms with Crippen LogP contribution in [0.4, 0.5) is 4.39 Å². The highest BCUT2D eigenvalue weighted by Gasteiger charge is 2.12. The number of aliphatic carboxylic acids is 2. The minimum absolute atomic E-state index is 0.0742. The van der Waals surface area contributed by atoms with E-state index in [4.69, 9.17) is 19.8 Å². The largest absolute Gasteiger partial charge is 0.539 e. The van der Waals surface area contributed by atoms with Crippen LogP contribution in [0.5, 0.6) is 0 Å². The number of nitrogens with zero attached hydrogens (tertiary/aromatic N) is 2. The fraction of sp³-hybridized carbons (Fsp3) is 0.217. The molecule has 168 valence electrons. The first kappa shape index (κ1) is 24.4. The Morgan fingerprint density at radius 3 is 2.34 bits per heavy atom. The van der Waals surface area contributed by atoms with Gasteiger partial charge in [-0.15, -0.1) is 0 Å². The van der Waals surface area contributed by atoms with Gasteiger partial charge < -0.3 is 19.9 Å². The van der Waals surface area contributed by atoms with Crippen LogP contribution in [0.15, 0.2) is 66.0 Å². The zero-order valence-electron chi connectivity index (χ0n) is 17.6. The van der Waals surface area contributed by atoms with Crippen LogP contribution in [-0.2, 0) is 22.6 Å². The lowest BCUT2D eigenvalue weighted by Crippen LogP contribution is -3.09. The standard InChI is InChI=1S/C21H22FN3O.C2H2O4/c1-3-12-24(2)13-14-25-21(26)19-7-5-4-6-18(19)20(23-25)15-16-8-10-17(22)11-9-16;3-1(4)2(5)6/h3-11H,1,12-15H2,2H3;(H,3,4)(H,5,6). The number of carboxylic acid groups (broad SMARTS) is 2. The van der Waals surface area contributed by atoms with E-state index < -0.39 is 11.9 Å². The quantitative estimate of drug-likeness (QED) is 0.382. The third kappa shape index (κ3) is 6.85. The molecule has 3 aromatic rings. The van der Waals surface area contributed by atoms with Crippen molar-refractivity contribution in [2.75, 3.05) is 20.1 Å². The van der Waals surface area contributed by atoms with Gasteiger partial charge in [-0.2, -0.15) is 5.10 Å². The number of carbonyl (C=O) groups is 2. The van der Waals surface area contributed by atoms with Crippen molar-refractivity contribution >= 4 is 22.7 Å². The molecule has 32 heavy (non-hydrogen) atoms. The van der Waals surface area contributed by atoms with Gasteiger partial charge in [0.1, 0.15) is 5.82 Å². The number of hydrogen-bond donors (Lipinski definition) is 2. The summed E-state index contributed by atoms with van der Waals surface area (Å²) >= 11 is 0. The molecule has 1 atom stereocenters. The van der Waals surface area contributed by atoms with Gasteiger partial charge in [-0.1, -0.05) is 36.9 Å². The molecule has 0 spiro atoms. The molecule has 0 radical (unpaired) electrons. The molecule has 1 unspecified atom stereocenters. The second-order valence-electron chi connectivity index (χ2n) is 7.12. The minimum atomic E-state index is -2.07.